The van der Waals surface area contributed by atoms with Gasteiger partial charge in [-0.2, -0.15) is 0 Å². The van der Waals surface area contributed by atoms with Gasteiger partial charge in [0, 0.05) is 12.5 Å². The van der Waals surface area contributed by atoms with E-state index in [1.165, 1.54) is 4.88 Å². The zero-order valence-corrected chi connectivity index (χ0v) is 12.1. The maximum Gasteiger partial charge on any atom is 0.107 e. The van der Waals surface area contributed by atoms with E-state index < -0.39 is 0 Å². The van der Waals surface area contributed by atoms with Crippen LogP contribution in [0.1, 0.15) is 56.6 Å². The number of nitrogens with two attached hydrogens (primary N) is 1. The van der Waals surface area contributed by atoms with Gasteiger partial charge in [0.25, 0.3) is 0 Å². The van der Waals surface area contributed by atoms with E-state index in [0.29, 0.717) is 0 Å². The third-order valence-corrected chi connectivity index (χ3v) is 4.64. The summed E-state index contributed by atoms with van der Waals surface area (Å²) in [6.45, 7) is 10.5. The molecule has 0 bridgehead atoms. The molecule has 2 N–H and O–H groups in total. The lowest BCUT2D eigenvalue weighted by Gasteiger charge is -2.24. The van der Waals surface area contributed by atoms with Crippen molar-refractivity contribution >= 4 is 11.3 Å². The van der Waals surface area contributed by atoms with Crippen LogP contribution in [0.15, 0.2) is 0 Å². The number of aromatic nitrogens is 1. The number of hydrogen-bond donors (Lipinski definition) is 1. The van der Waals surface area contributed by atoms with Crippen LogP contribution in [-0.4, -0.2) is 11.0 Å². The molecular weight excluding hydrogens is 232 g/mol. The lowest BCUT2D eigenvalue weighted by Crippen LogP contribution is -2.24. The standard InChI is InChI=1S/C13H22N2OS/c1-6-8(14)7-9-15-10-11(17-9)13(4,5)16-12(10,2)3/h8H,6-7,14H2,1-5H3. The highest BCUT2D eigenvalue weighted by Crippen LogP contribution is 2.48. The van der Waals surface area contributed by atoms with Crippen LogP contribution in [0.4, 0.5) is 0 Å². The Balaban J connectivity index is 2.33. The first-order valence-corrected chi connectivity index (χ1v) is 7.04. The number of ether oxygens (including phenoxy) is 1. The van der Waals surface area contributed by atoms with Crippen LogP contribution in [0, 0.1) is 0 Å². The first-order valence-electron chi connectivity index (χ1n) is 6.22. The molecule has 1 aliphatic rings. The number of fused-ring (bicyclic) bond motifs is 1. The molecule has 0 fully saturated rings. The van der Waals surface area contributed by atoms with Gasteiger partial charge in [-0.15, -0.1) is 11.3 Å². The molecule has 1 atom stereocenters. The van der Waals surface area contributed by atoms with Crippen molar-refractivity contribution in [1.29, 1.82) is 0 Å². The molecule has 0 saturated carbocycles. The van der Waals surface area contributed by atoms with Crippen LogP contribution >= 0.6 is 11.3 Å². The molecular formula is C13H22N2OS. The normalized spacial score (nSPS) is 22.5. The lowest BCUT2D eigenvalue weighted by atomic mass is 10.0. The predicted molar refractivity (Wildman–Crippen MR) is 71.2 cm³/mol. The van der Waals surface area contributed by atoms with Crippen LogP contribution in [0.25, 0.3) is 0 Å². The molecule has 1 aromatic rings. The molecule has 2 heterocycles. The van der Waals surface area contributed by atoms with Gasteiger partial charge < -0.3 is 10.5 Å². The third kappa shape index (κ3) is 2.26. The minimum absolute atomic E-state index is 0.216. The molecule has 0 aromatic carbocycles. The van der Waals surface area contributed by atoms with E-state index in [-0.39, 0.29) is 17.2 Å². The lowest BCUT2D eigenvalue weighted by molar-refractivity contribution is -0.105. The maximum absolute atomic E-state index is 6.05. The zero-order valence-electron chi connectivity index (χ0n) is 11.3. The monoisotopic (exact) mass is 254 g/mol. The van der Waals surface area contributed by atoms with Gasteiger partial charge in [0.1, 0.15) is 5.60 Å². The van der Waals surface area contributed by atoms with E-state index in [0.717, 1.165) is 23.5 Å². The van der Waals surface area contributed by atoms with Gasteiger partial charge in [0.2, 0.25) is 0 Å². The second kappa shape index (κ2) is 4.04. The van der Waals surface area contributed by atoms with E-state index in [1.807, 2.05) is 0 Å². The van der Waals surface area contributed by atoms with Gasteiger partial charge in [0.15, 0.2) is 0 Å². The SMILES string of the molecule is CCC(N)Cc1nc2c(s1)C(C)(C)OC2(C)C. The summed E-state index contributed by atoms with van der Waals surface area (Å²) < 4.78 is 6.05. The first kappa shape index (κ1) is 13.0. The Morgan fingerprint density at radius 3 is 2.47 bits per heavy atom. The van der Waals surface area contributed by atoms with Gasteiger partial charge in [0.05, 0.1) is 21.2 Å². The molecule has 17 heavy (non-hydrogen) atoms. The number of nitrogens with zero attached hydrogens (tertiary/aromatic N) is 1. The number of rotatable bonds is 3. The van der Waals surface area contributed by atoms with Crippen LogP contribution in [0.5, 0.6) is 0 Å². The Morgan fingerprint density at radius 1 is 1.29 bits per heavy atom. The van der Waals surface area contributed by atoms with Gasteiger partial charge in [-0.25, -0.2) is 4.98 Å². The van der Waals surface area contributed by atoms with E-state index in [9.17, 15) is 0 Å². The quantitative estimate of drug-likeness (QED) is 0.902. The highest BCUT2D eigenvalue weighted by Gasteiger charge is 2.46. The Bertz CT molecular complexity index is 392. The fourth-order valence-electron chi connectivity index (χ4n) is 2.37. The Kier molecular flexibility index (Phi) is 3.09. The van der Waals surface area contributed by atoms with Crippen LogP contribution in [0.2, 0.25) is 0 Å². The Labute approximate surface area is 107 Å². The summed E-state index contributed by atoms with van der Waals surface area (Å²) in [4.78, 5) is 6.01. The highest BCUT2D eigenvalue weighted by atomic mass is 32.1. The smallest absolute Gasteiger partial charge is 0.107 e. The van der Waals surface area contributed by atoms with Gasteiger partial charge >= 0.3 is 0 Å². The molecule has 96 valence electrons. The number of hydrogen-bond acceptors (Lipinski definition) is 4. The second-order valence-corrected chi connectivity index (χ2v) is 6.86. The average molecular weight is 254 g/mol. The molecule has 0 amide bonds. The molecule has 0 radical (unpaired) electrons. The van der Waals surface area contributed by atoms with E-state index in [4.69, 9.17) is 15.5 Å². The Hall–Kier alpha value is -0.450. The Morgan fingerprint density at radius 2 is 1.94 bits per heavy atom. The molecule has 4 heteroatoms. The van der Waals surface area contributed by atoms with E-state index in [2.05, 4.69) is 34.6 Å². The molecule has 3 nitrogen and oxygen atoms in total. The zero-order chi connectivity index (χ0) is 12.8. The molecule has 1 aromatic heterocycles. The second-order valence-electron chi connectivity index (χ2n) is 5.78. The van der Waals surface area contributed by atoms with Crippen molar-refractivity contribution in [3.05, 3.63) is 15.6 Å². The van der Waals surface area contributed by atoms with Crippen molar-refractivity contribution < 1.29 is 4.74 Å². The van der Waals surface area contributed by atoms with Crippen molar-refractivity contribution in [2.24, 2.45) is 5.73 Å². The number of thiazole rings is 1. The predicted octanol–water partition coefficient (Wildman–Crippen LogP) is 2.92. The largest absolute Gasteiger partial charge is 0.358 e. The summed E-state index contributed by atoms with van der Waals surface area (Å²) in [6.07, 6.45) is 1.87. The van der Waals surface area contributed by atoms with E-state index in [1.54, 1.807) is 11.3 Å². The van der Waals surface area contributed by atoms with Crippen LogP contribution in [-0.2, 0) is 22.4 Å². The molecule has 0 saturated heterocycles. The molecule has 0 spiro atoms. The highest BCUT2D eigenvalue weighted by molar-refractivity contribution is 7.12. The molecule has 0 aliphatic carbocycles. The van der Waals surface area contributed by atoms with Crippen molar-refractivity contribution in [3.63, 3.8) is 0 Å². The van der Waals surface area contributed by atoms with Gasteiger partial charge in [-0.1, -0.05) is 6.92 Å². The van der Waals surface area contributed by atoms with Crippen LogP contribution in [0.3, 0.4) is 0 Å². The van der Waals surface area contributed by atoms with Crippen molar-refractivity contribution in [2.75, 3.05) is 0 Å². The first-order chi connectivity index (χ1) is 7.76. The van der Waals surface area contributed by atoms with Crippen molar-refractivity contribution in [3.8, 4) is 0 Å². The summed E-state index contributed by atoms with van der Waals surface area (Å²) >= 11 is 1.76. The third-order valence-electron chi connectivity index (χ3n) is 3.26. The summed E-state index contributed by atoms with van der Waals surface area (Å²) in [5.41, 5.74) is 6.61. The summed E-state index contributed by atoms with van der Waals surface area (Å²) in [5, 5.41) is 1.15. The van der Waals surface area contributed by atoms with Crippen molar-refractivity contribution in [2.45, 2.75) is 64.7 Å². The average Bonchev–Trinajstić information content (AvgIpc) is 2.67. The summed E-state index contributed by atoms with van der Waals surface area (Å²) in [7, 11) is 0. The minimum atomic E-state index is -0.274. The van der Waals surface area contributed by atoms with Crippen molar-refractivity contribution in [1.82, 2.24) is 4.98 Å². The minimum Gasteiger partial charge on any atom is -0.358 e. The molecule has 1 unspecified atom stereocenters. The topological polar surface area (TPSA) is 48.1 Å². The maximum atomic E-state index is 6.05. The molecule has 1 aliphatic heterocycles. The summed E-state index contributed by atoms with van der Waals surface area (Å²) in [6, 6.07) is 0.216. The molecule has 2 rings (SSSR count). The summed E-state index contributed by atoms with van der Waals surface area (Å²) in [5.74, 6) is 0. The fourth-order valence-corrected chi connectivity index (χ4v) is 3.71. The van der Waals surface area contributed by atoms with Gasteiger partial charge in [-0.3, -0.25) is 0 Å². The van der Waals surface area contributed by atoms with Gasteiger partial charge in [-0.05, 0) is 34.1 Å². The van der Waals surface area contributed by atoms with Crippen LogP contribution < -0.4 is 5.73 Å². The fraction of sp³-hybridized carbons (Fsp3) is 0.769. The van der Waals surface area contributed by atoms with E-state index >= 15 is 0 Å².